The third kappa shape index (κ3) is 4.22. The van der Waals surface area contributed by atoms with Gasteiger partial charge in [-0.05, 0) is 44.9 Å². The smallest absolute Gasteiger partial charge is 0.176 e. The number of furan rings is 1. The Morgan fingerprint density at radius 2 is 2.05 bits per heavy atom. The first-order valence-corrected chi connectivity index (χ1v) is 7.55. The highest BCUT2D eigenvalue weighted by Crippen LogP contribution is 2.30. The predicted octanol–water partition coefficient (Wildman–Crippen LogP) is 3.91. The summed E-state index contributed by atoms with van der Waals surface area (Å²) in [5, 5.41) is 4.58. The SMILES string of the molecule is COCCCCCNC(C)c1cc2cccc(OC)c2o1. The van der Waals surface area contributed by atoms with Crippen molar-refractivity contribution in [1.82, 2.24) is 5.32 Å². The van der Waals surface area contributed by atoms with Crippen LogP contribution in [0.1, 0.15) is 38.0 Å². The average molecular weight is 291 g/mol. The zero-order valence-electron chi connectivity index (χ0n) is 13.1. The van der Waals surface area contributed by atoms with Gasteiger partial charge in [-0.2, -0.15) is 0 Å². The molecule has 2 aromatic rings. The van der Waals surface area contributed by atoms with Gasteiger partial charge in [0.25, 0.3) is 0 Å². The number of benzene rings is 1. The van der Waals surface area contributed by atoms with E-state index in [1.54, 1.807) is 14.2 Å². The Bertz CT molecular complexity index is 550. The summed E-state index contributed by atoms with van der Waals surface area (Å²) in [5.74, 6) is 1.73. The van der Waals surface area contributed by atoms with E-state index in [-0.39, 0.29) is 6.04 Å². The van der Waals surface area contributed by atoms with Crippen LogP contribution in [0.15, 0.2) is 28.7 Å². The molecule has 0 saturated heterocycles. The van der Waals surface area contributed by atoms with Crippen molar-refractivity contribution >= 4 is 11.0 Å². The molecule has 0 aliphatic rings. The highest BCUT2D eigenvalue weighted by molar-refractivity contribution is 5.83. The van der Waals surface area contributed by atoms with E-state index in [0.29, 0.717) is 0 Å². The molecule has 0 bridgehead atoms. The van der Waals surface area contributed by atoms with Gasteiger partial charge in [0.05, 0.1) is 13.2 Å². The Labute approximate surface area is 126 Å². The molecule has 0 amide bonds. The number of para-hydroxylation sites is 1. The lowest BCUT2D eigenvalue weighted by molar-refractivity contribution is 0.192. The van der Waals surface area contributed by atoms with Crippen LogP contribution in [0.4, 0.5) is 0 Å². The van der Waals surface area contributed by atoms with E-state index in [4.69, 9.17) is 13.9 Å². The highest BCUT2D eigenvalue weighted by Gasteiger charge is 2.13. The van der Waals surface area contributed by atoms with Crippen LogP contribution in [0.5, 0.6) is 5.75 Å². The van der Waals surface area contributed by atoms with Crippen LogP contribution >= 0.6 is 0 Å². The summed E-state index contributed by atoms with van der Waals surface area (Å²) in [6.45, 7) is 3.96. The molecule has 21 heavy (non-hydrogen) atoms. The number of methoxy groups -OCH3 is 2. The first kappa shape index (κ1) is 15.9. The van der Waals surface area contributed by atoms with Crippen molar-refractivity contribution in [3.63, 3.8) is 0 Å². The lowest BCUT2D eigenvalue weighted by Crippen LogP contribution is -2.19. The monoisotopic (exact) mass is 291 g/mol. The number of rotatable bonds is 9. The van der Waals surface area contributed by atoms with Gasteiger partial charge in [0.15, 0.2) is 11.3 Å². The third-order valence-electron chi connectivity index (χ3n) is 3.65. The number of hydrogen-bond acceptors (Lipinski definition) is 4. The fourth-order valence-corrected chi connectivity index (χ4v) is 2.40. The Morgan fingerprint density at radius 3 is 2.81 bits per heavy atom. The summed E-state index contributed by atoms with van der Waals surface area (Å²) in [4.78, 5) is 0. The number of fused-ring (bicyclic) bond motifs is 1. The molecule has 0 aliphatic carbocycles. The molecular formula is C17H25NO3. The molecule has 0 aliphatic heterocycles. The molecule has 4 heteroatoms. The molecule has 116 valence electrons. The van der Waals surface area contributed by atoms with Crippen molar-refractivity contribution < 1.29 is 13.9 Å². The van der Waals surface area contributed by atoms with Crippen molar-refractivity contribution in [1.29, 1.82) is 0 Å². The van der Waals surface area contributed by atoms with Gasteiger partial charge < -0.3 is 19.2 Å². The number of unbranched alkanes of at least 4 members (excludes halogenated alkanes) is 2. The maximum atomic E-state index is 5.94. The largest absolute Gasteiger partial charge is 0.493 e. The molecule has 2 rings (SSSR count). The fraction of sp³-hybridized carbons (Fsp3) is 0.529. The van der Waals surface area contributed by atoms with Gasteiger partial charge >= 0.3 is 0 Å². The van der Waals surface area contributed by atoms with Crippen LogP contribution in [-0.4, -0.2) is 27.4 Å². The average Bonchev–Trinajstić information content (AvgIpc) is 2.94. The van der Waals surface area contributed by atoms with E-state index in [2.05, 4.69) is 18.3 Å². The van der Waals surface area contributed by atoms with Gasteiger partial charge in [-0.15, -0.1) is 0 Å². The van der Waals surface area contributed by atoms with Crippen LogP contribution in [0.2, 0.25) is 0 Å². The van der Waals surface area contributed by atoms with Crippen LogP contribution in [0.3, 0.4) is 0 Å². The zero-order chi connectivity index (χ0) is 15.1. The summed E-state index contributed by atoms with van der Waals surface area (Å²) in [7, 11) is 3.41. The van der Waals surface area contributed by atoms with E-state index < -0.39 is 0 Å². The molecule has 0 saturated carbocycles. The molecular weight excluding hydrogens is 266 g/mol. The lowest BCUT2D eigenvalue weighted by atomic mass is 10.2. The molecule has 1 unspecified atom stereocenters. The molecule has 0 spiro atoms. The summed E-state index contributed by atoms with van der Waals surface area (Å²) in [5.41, 5.74) is 0.823. The maximum Gasteiger partial charge on any atom is 0.176 e. The van der Waals surface area contributed by atoms with E-state index >= 15 is 0 Å². The minimum atomic E-state index is 0.199. The van der Waals surface area contributed by atoms with Crippen molar-refractivity contribution in [3.8, 4) is 5.75 Å². The fourth-order valence-electron chi connectivity index (χ4n) is 2.40. The second-order valence-electron chi connectivity index (χ2n) is 5.26. The first-order chi connectivity index (χ1) is 10.3. The lowest BCUT2D eigenvalue weighted by Gasteiger charge is -2.10. The summed E-state index contributed by atoms with van der Waals surface area (Å²) in [6, 6.07) is 8.23. The molecule has 1 N–H and O–H groups in total. The van der Waals surface area contributed by atoms with Gasteiger partial charge in [-0.1, -0.05) is 12.1 Å². The van der Waals surface area contributed by atoms with Crippen LogP contribution < -0.4 is 10.1 Å². The van der Waals surface area contributed by atoms with Crippen molar-refractivity contribution in [2.75, 3.05) is 27.4 Å². The summed E-state index contributed by atoms with van der Waals surface area (Å²) < 4.78 is 16.3. The Kier molecular flexibility index (Phi) is 6.08. The first-order valence-electron chi connectivity index (χ1n) is 7.55. The molecule has 1 heterocycles. The summed E-state index contributed by atoms with van der Waals surface area (Å²) in [6.07, 6.45) is 3.45. The van der Waals surface area contributed by atoms with E-state index in [9.17, 15) is 0 Å². The summed E-state index contributed by atoms with van der Waals surface area (Å²) >= 11 is 0. The van der Waals surface area contributed by atoms with Gasteiger partial charge in [0.1, 0.15) is 5.76 Å². The normalized spacial score (nSPS) is 12.7. The molecule has 0 radical (unpaired) electrons. The van der Waals surface area contributed by atoms with Gasteiger partial charge in [-0.3, -0.25) is 0 Å². The maximum absolute atomic E-state index is 5.94. The molecule has 4 nitrogen and oxygen atoms in total. The highest BCUT2D eigenvalue weighted by atomic mass is 16.5. The van der Waals surface area contributed by atoms with E-state index in [1.807, 2.05) is 18.2 Å². The van der Waals surface area contributed by atoms with Gasteiger partial charge in [-0.25, -0.2) is 0 Å². The van der Waals surface area contributed by atoms with E-state index in [0.717, 1.165) is 48.5 Å². The zero-order valence-corrected chi connectivity index (χ0v) is 13.1. The van der Waals surface area contributed by atoms with Gasteiger partial charge in [0, 0.05) is 19.1 Å². The Balaban J connectivity index is 1.89. The van der Waals surface area contributed by atoms with Crippen molar-refractivity contribution in [2.45, 2.75) is 32.2 Å². The van der Waals surface area contributed by atoms with Crippen molar-refractivity contribution in [2.24, 2.45) is 0 Å². The molecule has 1 atom stereocenters. The number of nitrogens with one attached hydrogen (secondary N) is 1. The van der Waals surface area contributed by atoms with Crippen LogP contribution in [0, 0.1) is 0 Å². The Morgan fingerprint density at radius 1 is 1.19 bits per heavy atom. The quantitative estimate of drug-likeness (QED) is 0.711. The van der Waals surface area contributed by atoms with Gasteiger partial charge in [0.2, 0.25) is 0 Å². The number of hydrogen-bond donors (Lipinski definition) is 1. The second kappa shape index (κ2) is 8.05. The van der Waals surface area contributed by atoms with Crippen LogP contribution in [-0.2, 0) is 4.74 Å². The minimum absolute atomic E-state index is 0.199. The molecule has 1 aromatic heterocycles. The van der Waals surface area contributed by atoms with Crippen molar-refractivity contribution in [3.05, 3.63) is 30.0 Å². The number of ether oxygens (including phenoxy) is 2. The standard InChI is InChI=1S/C17H25NO3/c1-13(18-10-5-4-6-11-19-2)16-12-14-8-7-9-15(20-3)17(14)21-16/h7-9,12-13,18H,4-6,10-11H2,1-3H3. The third-order valence-corrected chi connectivity index (χ3v) is 3.65. The second-order valence-corrected chi connectivity index (χ2v) is 5.26. The Hall–Kier alpha value is -1.52. The topological polar surface area (TPSA) is 43.6 Å². The molecule has 0 fully saturated rings. The van der Waals surface area contributed by atoms with E-state index in [1.165, 1.54) is 6.42 Å². The molecule has 1 aromatic carbocycles. The minimum Gasteiger partial charge on any atom is -0.493 e. The van der Waals surface area contributed by atoms with Crippen LogP contribution in [0.25, 0.3) is 11.0 Å². The predicted molar refractivity (Wildman–Crippen MR) is 84.9 cm³/mol.